The molecule has 3 rings (SSSR count). The van der Waals surface area contributed by atoms with Crippen molar-refractivity contribution in [2.24, 2.45) is 17.8 Å². The molecular weight excluding hydrogens is 264 g/mol. The zero-order valence-electron chi connectivity index (χ0n) is 10.3. The van der Waals surface area contributed by atoms with E-state index in [1.54, 1.807) is 11.8 Å². The van der Waals surface area contributed by atoms with Crippen LogP contribution in [-0.2, 0) is 4.79 Å². The highest BCUT2D eigenvalue weighted by atomic mass is 35.5. The van der Waals surface area contributed by atoms with E-state index in [1.807, 2.05) is 24.3 Å². The summed E-state index contributed by atoms with van der Waals surface area (Å²) in [6, 6.07) is 7.75. The monoisotopic (exact) mass is 280 g/mol. The third kappa shape index (κ3) is 2.60. The van der Waals surface area contributed by atoms with Gasteiger partial charge in [-0.15, -0.1) is 11.8 Å². The number of rotatable bonds is 4. The number of hydrogen-bond donors (Lipinski definition) is 0. The molecule has 96 valence electrons. The molecule has 0 spiro atoms. The molecule has 1 nitrogen and oxygen atoms in total. The van der Waals surface area contributed by atoms with Crippen molar-refractivity contribution in [2.75, 3.05) is 5.75 Å². The largest absolute Gasteiger partial charge is 0.298 e. The summed E-state index contributed by atoms with van der Waals surface area (Å²) in [6.07, 6.45) is 5.09. The average Bonchev–Trinajstić information content (AvgIpc) is 2.98. The molecule has 2 aliphatic rings. The van der Waals surface area contributed by atoms with Crippen LogP contribution in [0.4, 0.5) is 0 Å². The minimum atomic E-state index is 0.357. The van der Waals surface area contributed by atoms with Crippen molar-refractivity contribution in [3.8, 4) is 0 Å². The number of halogens is 1. The molecule has 0 aliphatic heterocycles. The molecule has 3 heteroatoms. The van der Waals surface area contributed by atoms with Gasteiger partial charge in [-0.05, 0) is 49.3 Å². The van der Waals surface area contributed by atoms with Gasteiger partial charge in [-0.2, -0.15) is 0 Å². The van der Waals surface area contributed by atoms with Crippen LogP contribution in [0.3, 0.4) is 0 Å². The summed E-state index contributed by atoms with van der Waals surface area (Å²) < 4.78 is 0. The maximum Gasteiger partial charge on any atom is 0.146 e. The number of hydrogen-bond acceptors (Lipinski definition) is 2. The van der Waals surface area contributed by atoms with Crippen molar-refractivity contribution in [2.45, 2.75) is 30.6 Å². The molecule has 18 heavy (non-hydrogen) atoms. The normalized spacial score (nSPS) is 29.7. The van der Waals surface area contributed by atoms with Gasteiger partial charge in [0.2, 0.25) is 0 Å². The minimum absolute atomic E-state index is 0.357. The number of thioether (sulfide) groups is 1. The first-order valence-electron chi connectivity index (χ1n) is 6.63. The van der Waals surface area contributed by atoms with Gasteiger partial charge < -0.3 is 0 Å². The van der Waals surface area contributed by atoms with Crippen molar-refractivity contribution >= 4 is 29.1 Å². The van der Waals surface area contributed by atoms with E-state index in [0.717, 1.165) is 22.3 Å². The van der Waals surface area contributed by atoms with Gasteiger partial charge in [0.15, 0.2) is 0 Å². The lowest BCUT2D eigenvalue weighted by Crippen LogP contribution is -2.22. The molecule has 3 unspecified atom stereocenters. The van der Waals surface area contributed by atoms with Gasteiger partial charge in [0.05, 0.1) is 5.75 Å². The lowest BCUT2D eigenvalue weighted by molar-refractivity contribution is -0.121. The lowest BCUT2D eigenvalue weighted by Gasteiger charge is -2.19. The number of benzene rings is 1. The Hall–Kier alpha value is -0.470. The van der Waals surface area contributed by atoms with Crippen LogP contribution >= 0.6 is 23.4 Å². The first kappa shape index (κ1) is 12.6. The zero-order chi connectivity index (χ0) is 12.5. The van der Waals surface area contributed by atoms with E-state index < -0.39 is 0 Å². The topological polar surface area (TPSA) is 17.1 Å². The third-order valence-corrected chi connectivity index (χ3v) is 5.58. The summed E-state index contributed by atoms with van der Waals surface area (Å²) in [6.45, 7) is 0. The number of ketones is 1. The Balaban J connectivity index is 1.56. The number of fused-ring (bicyclic) bond motifs is 2. The lowest BCUT2D eigenvalue weighted by atomic mass is 9.86. The van der Waals surface area contributed by atoms with E-state index >= 15 is 0 Å². The van der Waals surface area contributed by atoms with Crippen molar-refractivity contribution in [1.82, 2.24) is 0 Å². The second-order valence-electron chi connectivity index (χ2n) is 5.49. The van der Waals surface area contributed by atoms with Gasteiger partial charge in [-0.1, -0.05) is 24.1 Å². The molecule has 2 bridgehead atoms. The fraction of sp³-hybridized carbons (Fsp3) is 0.533. The van der Waals surface area contributed by atoms with Gasteiger partial charge in [0.1, 0.15) is 5.78 Å². The molecule has 0 saturated heterocycles. The Morgan fingerprint density at radius 2 is 2.22 bits per heavy atom. The quantitative estimate of drug-likeness (QED) is 0.759. The van der Waals surface area contributed by atoms with Crippen molar-refractivity contribution in [3.05, 3.63) is 29.3 Å². The average molecular weight is 281 g/mol. The first-order valence-corrected chi connectivity index (χ1v) is 8.00. The second-order valence-corrected chi connectivity index (χ2v) is 6.98. The standard InChI is InChI=1S/C15H17ClOS/c16-12-2-1-3-13(8-12)18-9-15(17)14-7-10-4-5-11(14)6-10/h1-3,8,10-11,14H,4-7,9H2. The molecule has 0 radical (unpaired) electrons. The molecule has 0 amide bonds. The fourth-order valence-electron chi connectivity index (χ4n) is 3.46. The summed E-state index contributed by atoms with van der Waals surface area (Å²) in [4.78, 5) is 13.3. The van der Waals surface area contributed by atoms with Crippen molar-refractivity contribution < 1.29 is 4.79 Å². The molecule has 1 aromatic rings. The molecule has 0 heterocycles. The fourth-order valence-corrected chi connectivity index (χ4v) is 4.62. The highest BCUT2D eigenvalue weighted by Crippen LogP contribution is 2.48. The number of carbonyl (C=O) groups excluding carboxylic acids is 1. The maximum absolute atomic E-state index is 12.2. The van der Waals surface area contributed by atoms with Gasteiger partial charge in [0, 0.05) is 15.8 Å². The Morgan fingerprint density at radius 3 is 2.89 bits per heavy atom. The SMILES string of the molecule is O=C(CSc1cccc(Cl)c1)C1CC2CCC1C2. The van der Waals surface area contributed by atoms with Crippen LogP contribution in [0.2, 0.25) is 5.02 Å². The summed E-state index contributed by atoms with van der Waals surface area (Å²) >= 11 is 7.56. The van der Waals surface area contributed by atoms with E-state index in [9.17, 15) is 4.79 Å². The van der Waals surface area contributed by atoms with Crippen LogP contribution < -0.4 is 0 Å². The molecule has 2 aliphatic carbocycles. The Labute approximate surface area is 117 Å². The van der Waals surface area contributed by atoms with Crippen molar-refractivity contribution in [3.63, 3.8) is 0 Å². The summed E-state index contributed by atoms with van der Waals surface area (Å²) in [7, 11) is 0. The van der Waals surface area contributed by atoms with Crippen LogP contribution in [0, 0.1) is 17.8 Å². The summed E-state index contributed by atoms with van der Waals surface area (Å²) in [5, 5.41) is 0.743. The zero-order valence-corrected chi connectivity index (χ0v) is 11.8. The molecule has 2 saturated carbocycles. The van der Waals surface area contributed by atoms with E-state index in [0.29, 0.717) is 23.4 Å². The van der Waals surface area contributed by atoms with Crippen LogP contribution in [0.1, 0.15) is 25.7 Å². The van der Waals surface area contributed by atoms with Crippen LogP contribution in [0.25, 0.3) is 0 Å². The predicted molar refractivity (Wildman–Crippen MR) is 76.1 cm³/mol. The van der Waals surface area contributed by atoms with Crippen LogP contribution in [-0.4, -0.2) is 11.5 Å². The van der Waals surface area contributed by atoms with Gasteiger partial charge in [-0.3, -0.25) is 4.79 Å². The molecule has 2 fully saturated rings. The van der Waals surface area contributed by atoms with Crippen LogP contribution in [0.5, 0.6) is 0 Å². The number of Topliss-reactive ketones (excluding diaryl/α,β-unsaturated/α-hetero) is 1. The van der Waals surface area contributed by atoms with E-state index in [-0.39, 0.29) is 0 Å². The third-order valence-electron chi connectivity index (χ3n) is 4.33. The Bertz CT molecular complexity index is 460. The van der Waals surface area contributed by atoms with E-state index in [2.05, 4.69) is 0 Å². The molecular formula is C15H17ClOS. The van der Waals surface area contributed by atoms with Gasteiger partial charge in [-0.25, -0.2) is 0 Å². The summed E-state index contributed by atoms with van der Waals surface area (Å²) in [5.74, 6) is 2.96. The second kappa shape index (κ2) is 5.26. The smallest absolute Gasteiger partial charge is 0.146 e. The van der Waals surface area contributed by atoms with Crippen molar-refractivity contribution in [1.29, 1.82) is 0 Å². The highest BCUT2D eigenvalue weighted by molar-refractivity contribution is 8.00. The molecule has 1 aromatic carbocycles. The van der Waals surface area contributed by atoms with E-state index in [1.165, 1.54) is 19.3 Å². The Kier molecular flexibility index (Phi) is 3.67. The van der Waals surface area contributed by atoms with Gasteiger partial charge in [0.25, 0.3) is 0 Å². The first-order chi connectivity index (χ1) is 8.72. The molecule has 0 aromatic heterocycles. The molecule has 0 N–H and O–H groups in total. The maximum atomic E-state index is 12.2. The van der Waals surface area contributed by atoms with Gasteiger partial charge >= 0.3 is 0 Å². The number of carbonyl (C=O) groups is 1. The highest BCUT2D eigenvalue weighted by Gasteiger charge is 2.42. The minimum Gasteiger partial charge on any atom is -0.298 e. The summed E-state index contributed by atoms with van der Waals surface area (Å²) in [5.41, 5.74) is 0. The predicted octanol–water partition coefficient (Wildman–Crippen LogP) is 4.44. The van der Waals surface area contributed by atoms with E-state index in [4.69, 9.17) is 11.6 Å². The van der Waals surface area contributed by atoms with Crippen LogP contribution in [0.15, 0.2) is 29.2 Å². The Morgan fingerprint density at radius 1 is 1.33 bits per heavy atom. The molecule has 3 atom stereocenters.